The highest BCUT2D eigenvalue weighted by atomic mass is 19.4. The second kappa shape index (κ2) is 11.2. The van der Waals surface area contributed by atoms with Gasteiger partial charge in [-0.25, -0.2) is 0 Å². The maximum Gasteiger partial charge on any atom is 0.416 e. The van der Waals surface area contributed by atoms with Crippen molar-refractivity contribution in [2.45, 2.75) is 38.5 Å². The van der Waals surface area contributed by atoms with Crippen molar-refractivity contribution in [3.8, 4) is 16.9 Å². The zero-order chi connectivity index (χ0) is 31.0. The number of aromatic nitrogens is 4. The van der Waals surface area contributed by atoms with Crippen LogP contribution in [0.2, 0.25) is 0 Å². The first-order valence-electron chi connectivity index (χ1n) is 12.1. The number of halogens is 9. The number of benzene rings is 3. The van der Waals surface area contributed by atoms with Crippen molar-refractivity contribution in [1.29, 1.82) is 0 Å². The van der Waals surface area contributed by atoms with Gasteiger partial charge in [-0.15, -0.1) is 5.10 Å². The summed E-state index contributed by atoms with van der Waals surface area (Å²) in [7, 11) is 2.68. The molecule has 0 spiro atoms. The Morgan fingerprint density at radius 1 is 0.786 bits per heavy atom. The Morgan fingerprint density at radius 3 is 1.95 bits per heavy atom. The molecule has 0 radical (unpaired) electrons. The third kappa shape index (κ3) is 6.77. The SMILES string of the molecule is COc1ccc(C)cc1-c1cccc(C(F)(F)F)c1CN(Cc1cc(C(F)(F)F)cc(C(F)(F)F)c1)c1nnn(C)n1. The number of methoxy groups -OCH3 is 1. The van der Waals surface area contributed by atoms with Gasteiger partial charge < -0.3 is 9.64 Å². The van der Waals surface area contributed by atoms with Crippen molar-refractivity contribution in [3.05, 3.63) is 88.0 Å². The molecular formula is C27H22F9N5O. The molecule has 0 amide bonds. The van der Waals surface area contributed by atoms with Gasteiger partial charge >= 0.3 is 18.5 Å². The average molecular weight is 603 g/mol. The van der Waals surface area contributed by atoms with Gasteiger partial charge in [0.15, 0.2) is 0 Å². The van der Waals surface area contributed by atoms with Gasteiger partial charge in [-0.05, 0) is 65.2 Å². The summed E-state index contributed by atoms with van der Waals surface area (Å²) >= 11 is 0. The van der Waals surface area contributed by atoms with Crippen molar-refractivity contribution >= 4 is 5.95 Å². The van der Waals surface area contributed by atoms with Gasteiger partial charge in [-0.3, -0.25) is 0 Å². The molecule has 224 valence electrons. The van der Waals surface area contributed by atoms with E-state index in [0.717, 1.165) is 15.8 Å². The summed E-state index contributed by atoms with van der Waals surface area (Å²) in [5.41, 5.74) is -3.94. The highest BCUT2D eigenvalue weighted by molar-refractivity contribution is 5.75. The molecule has 15 heteroatoms. The molecule has 6 nitrogen and oxygen atoms in total. The van der Waals surface area contributed by atoms with Crippen molar-refractivity contribution in [3.63, 3.8) is 0 Å². The summed E-state index contributed by atoms with van der Waals surface area (Å²) < 4.78 is 129. The van der Waals surface area contributed by atoms with Crippen LogP contribution in [0.4, 0.5) is 45.5 Å². The van der Waals surface area contributed by atoms with Crippen molar-refractivity contribution in [2.24, 2.45) is 7.05 Å². The van der Waals surface area contributed by atoms with E-state index in [1.54, 1.807) is 25.1 Å². The zero-order valence-corrected chi connectivity index (χ0v) is 22.2. The van der Waals surface area contributed by atoms with Crippen LogP contribution >= 0.6 is 0 Å². The van der Waals surface area contributed by atoms with Gasteiger partial charge in [0.05, 0.1) is 30.8 Å². The van der Waals surface area contributed by atoms with E-state index in [9.17, 15) is 39.5 Å². The van der Waals surface area contributed by atoms with Crippen molar-refractivity contribution in [2.75, 3.05) is 12.0 Å². The van der Waals surface area contributed by atoms with Crippen LogP contribution in [0.1, 0.15) is 33.4 Å². The van der Waals surface area contributed by atoms with Gasteiger partial charge in [0.25, 0.3) is 5.95 Å². The highest BCUT2D eigenvalue weighted by Crippen LogP contribution is 2.41. The maximum atomic E-state index is 14.3. The molecular weight excluding hydrogens is 581 g/mol. The molecule has 0 fully saturated rings. The summed E-state index contributed by atoms with van der Waals surface area (Å²) in [4.78, 5) is 1.98. The third-order valence-electron chi connectivity index (χ3n) is 6.28. The number of hydrogen-bond donors (Lipinski definition) is 0. The first-order valence-corrected chi connectivity index (χ1v) is 12.1. The molecule has 3 aromatic carbocycles. The van der Waals surface area contributed by atoms with Crippen LogP contribution < -0.4 is 9.64 Å². The largest absolute Gasteiger partial charge is 0.496 e. The molecule has 0 atom stereocenters. The lowest BCUT2D eigenvalue weighted by molar-refractivity contribution is -0.143. The first kappa shape index (κ1) is 30.7. The summed E-state index contributed by atoms with van der Waals surface area (Å²) in [6.45, 7) is 0.346. The Balaban J connectivity index is 1.91. The lowest BCUT2D eigenvalue weighted by Crippen LogP contribution is -2.26. The van der Waals surface area contributed by atoms with Gasteiger partial charge in [0, 0.05) is 18.7 Å². The van der Waals surface area contributed by atoms with Crippen LogP contribution in [0.15, 0.2) is 54.6 Å². The van der Waals surface area contributed by atoms with Crippen LogP contribution in [-0.4, -0.2) is 27.3 Å². The molecule has 0 unspecified atom stereocenters. The number of anilines is 1. The summed E-state index contributed by atoms with van der Waals surface area (Å²) in [6, 6.07) is 9.26. The first-order chi connectivity index (χ1) is 19.5. The molecule has 1 aromatic heterocycles. The number of ether oxygens (including phenoxy) is 1. The zero-order valence-electron chi connectivity index (χ0n) is 22.2. The van der Waals surface area contributed by atoms with E-state index in [1.807, 2.05) is 0 Å². The van der Waals surface area contributed by atoms with Gasteiger partial charge in [0.1, 0.15) is 5.75 Å². The number of aryl methyl sites for hydroxylation is 2. The molecule has 4 rings (SSSR count). The quantitative estimate of drug-likeness (QED) is 0.205. The summed E-state index contributed by atoms with van der Waals surface area (Å²) in [6.07, 6.45) is -15.1. The molecule has 1 heterocycles. The second-order valence-corrected chi connectivity index (χ2v) is 9.38. The predicted molar refractivity (Wildman–Crippen MR) is 133 cm³/mol. The fourth-order valence-electron chi connectivity index (χ4n) is 4.43. The minimum absolute atomic E-state index is 0.0323. The monoisotopic (exact) mass is 603 g/mol. The fourth-order valence-corrected chi connectivity index (χ4v) is 4.43. The van der Waals surface area contributed by atoms with E-state index in [-0.39, 0.29) is 28.9 Å². The topological polar surface area (TPSA) is 56.1 Å². The molecule has 0 N–H and O–H groups in total. The Bertz CT molecular complexity index is 1540. The molecule has 0 aliphatic rings. The molecule has 0 bridgehead atoms. The second-order valence-electron chi connectivity index (χ2n) is 9.38. The number of rotatable bonds is 7. The molecule has 0 aliphatic heterocycles. The normalized spacial score (nSPS) is 12.5. The van der Waals surface area contributed by atoms with Gasteiger partial charge in [-0.2, -0.15) is 44.3 Å². The van der Waals surface area contributed by atoms with Gasteiger partial charge in [-0.1, -0.05) is 28.9 Å². The Morgan fingerprint density at radius 2 is 1.43 bits per heavy atom. The van der Waals surface area contributed by atoms with E-state index < -0.39 is 53.9 Å². The minimum Gasteiger partial charge on any atom is -0.496 e. The van der Waals surface area contributed by atoms with Crippen molar-refractivity contribution in [1.82, 2.24) is 20.2 Å². The van der Waals surface area contributed by atoms with Crippen LogP contribution in [0, 0.1) is 6.92 Å². The molecule has 0 saturated carbocycles. The number of alkyl halides is 9. The molecule has 0 saturated heterocycles. The average Bonchev–Trinajstić information content (AvgIpc) is 3.32. The van der Waals surface area contributed by atoms with E-state index in [0.29, 0.717) is 23.3 Å². The number of hydrogen-bond acceptors (Lipinski definition) is 5. The Labute approximate surface area is 233 Å². The maximum absolute atomic E-state index is 14.3. The minimum atomic E-state index is -5.12. The molecule has 42 heavy (non-hydrogen) atoms. The van der Waals surface area contributed by atoms with E-state index in [2.05, 4.69) is 15.4 Å². The third-order valence-corrected chi connectivity index (χ3v) is 6.28. The van der Waals surface area contributed by atoms with Crippen LogP contribution in [0.3, 0.4) is 0 Å². The van der Waals surface area contributed by atoms with Crippen LogP contribution in [0.5, 0.6) is 5.75 Å². The number of tetrazole rings is 1. The Kier molecular flexibility index (Phi) is 8.16. The lowest BCUT2D eigenvalue weighted by Gasteiger charge is -2.26. The fraction of sp³-hybridized carbons (Fsp3) is 0.296. The molecule has 0 aliphatic carbocycles. The number of nitrogens with zero attached hydrogens (tertiary/aromatic N) is 5. The Hall–Kier alpha value is -4.30. The lowest BCUT2D eigenvalue weighted by atomic mass is 9.93. The van der Waals surface area contributed by atoms with Gasteiger partial charge in [0.2, 0.25) is 0 Å². The van der Waals surface area contributed by atoms with Crippen LogP contribution in [-0.2, 0) is 38.7 Å². The smallest absolute Gasteiger partial charge is 0.416 e. The van der Waals surface area contributed by atoms with Crippen molar-refractivity contribution < 1.29 is 44.3 Å². The van der Waals surface area contributed by atoms with E-state index in [4.69, 9.17) is 4.74 Å². The standard InChI is InChI=1S/C27H22F9N5O/c1-15-7-8-23(42-3)20(9-15)19-5-4-6-22(27(34,35)36)21(19)14-41(24-37-39-40(2)38-24)13-16-10-17(25(28,29)30)12-18(11-16)26(31,32)33/h4-12H,13-14H2,1-3H3. The highest BCUT2D eigenvalue weighted by Gasteiger charge is 2.38. The van der Waals surface area contributed by atoms with Crippen LogP contribution in [0.25, 0.3) is 11.1 Å². The van der Waals surface area contributed by atoms with E-state index >= 15 is 0 Å². The summed E-state index contributed by atoms with van der Waals surface area (Å²) in [5.74, 6) is -0.0688. The predicted octanol–water partition coefficient (Wildman–Crippen LogP) is 7.46. The van der Waals surface area contributed by atoms with E-state index in [1.165, 1.54) is 26.3 Å². The molecule has 4 aromatic rings. The summed E-state index contributed by atoms with van der Waals surface area (Å²) in [5, 5.41) is 11.4.